The highest BCUT2D eigenvalue weighted by Crippen LogP contribution is 2.43. The third-order valence-corrected chi connectivity index (χ3v) is 16.7. The second kappa shape index (κ2) is 22.3. The average molecular weight is 1150 g/mol. The van der Waals surface area contributed by atoms with Gasteiger partial charge in [-0.15, -0.1) is 0 Å². The quantitative estimate of drug-likeness (QED) is 0.125. The number of para-hydroxylation sites is 2. The first kappa shape index (κ1) is 52.8. The van der Waals surface area contributed by atoms with Crippen LogP contribution in [0.4, 0.5) is 0 Å². The Balaban J connectivity index is 0.869. The molecule has 0 aliphatic heterocycles. The number of nitriles is 2. The van der Waals surface area contributed by atoms with E-state index in [1.807, 2.05) is 170 Å². The van der Waals surface area contributed by atoms with Crippen LogP contribution in [0.3, 0.4) is 0 Å². The van der Waals surface area contributed by atoms with Gasteiger partial charge >= 0.3 is 0 Å². The summed E-state index contributed by atoms with van der Waals surface area (Å²) in [6, 6.07) is 104. The predicted molar refractivity (Wildman–Crippen MR) is 360 cm³/mol. The maximum atomic E-state index is 9.99. The van der Waals surface area contributed by atoms with Crippen LogP contribution in [0.5, 0.6) is 0 Å². The normalized spacial score (nSPS) is 11.3. The maximum Gasteiger partial charge on any atom is 0.166 e. The van der Waals surface area contributed by atoms with Gasteiger partial charge in [0.05, 0.1) is 56.7 Å². The molecule has 0 saturated carbocycles. The molecule has 0 aliphatic rings. The Morgan fingerprint density at radius 1 is 0.222 bits per heavy atom. The van der Waals surface area contributed by atoms with E-state index in [1.165, 1.54) is 0 Å². The Kier molecular flexibility index (Phi) is 13.1. The first-order valence-corrected chi connectivity index (χ1v) is 29.6. The zero-order chi connectivity index (χ0) is 60.1. The molecule has 12 aromatic carbocycles. The Morgan fingerprint density at radius 3 is 0.967 bits per heavy atom. The van der Waals surface area contributed by atoms with Crippen LogP contribution in [0.25, 0.3) is 157 Å². The summed E-state index contributed by atoms with van der Waals surface area (Å²) >= 11 is 0. The number of hydrogen-bond acceptors (Lipinski definition) is 8. The number of hydrogen-bond donors (Lipinski definition) is 0. The van der Waals surface area contributed by atoms with E-state index in [-0.39, 0.29) is 0 Å². The molecule has 90 heavy (non-hydrogen) atoms. The predicted octanol–water partition coefficient (Wildman–Crippen LogP) is 19.0. The molecule has 418 valence electrons. The van der Waals surface area contributed by atoms with Crippen molar-refractivity contribution >= 4 is 43.6 Å². The lowest BCUT2D eigenvalue weighted by atomic mass is 9.99. The monoisotopic (exact) mass is 1150 g/mol. The minimum Gasteiger partial charge on any atom is -0.309 e. The first-order valence-electron chi connectivity index (χ1n) is 29.6. The van der Waals surface area contributed by atoms with E-state index in [2.05, 4.69) is 143 Å². The van der Waals surface area contributed by atoms with Gasteiger partial charge in [-0.25, -0.2) is 29.9 Å². The Bertz CT molecular complexity index is 5440. The topological polar surface area (TPSA) is 135 Å². The van der Waals surface area contributed by atoms with Crippen LogP contribution in [0.15, 0.2) is 291 Å². The number of rotatable bonds is 11. The minimum atomic E-state index is 0.516. The molecule has 0 unspecified atom stereocenters. The van der Waals surface area contributed by atoms with E-state index < -0.39 is 0 Å². The number of aromatic nitrogens is 8. The second-order valence-electron chi connectivity index (χ2n) is 22.1. The van der Waals surface area contributed by atoms with Gasteiger partial charge < -0.3 is 9.13 Å². The zero-order valence-corrected chi connectivity index (χ0v) is 48.2. The van der Waals surface area contributed by atoms with E-state index in [0.717, 1.165) is 122 Å². The molecule has 0 amide bonds. The molecule has 10 heteroatoms. The summed E-state index contributed by atoms with van der Waals surface area (Å²) in [6.07, 6.45) is 0. The molecular weight excluding hydrogens is 1100 g/mol. The van der Waals surface area contributed by atoms with Gasteiger partial charge in [0.25, 0.3) is 0 Å². The summed E-state index contributed by atoms with van der Waals surface area (Å²) in [4.78, 5) is 31.3. The van der Waals surface area contributed by atoms with Gasteiger partial charge in [-0.1, -0.05) is 206 Å². The van der Waals surface area contributed by atoms with Crippen molar-refractivity contribution in [2.75, 3.05) is 0 Å². The molecule has 0 saturated heterocycles. The third kappa shape index (κ3) is 9.47. The van der Waals surface area contributed by atoms with Crippen molar-refractivity contribution in [3.05, 3.63) is 302 Å². The summed E-state index contributed by atoms with van der Waals surface area (Å²) in [5.74, 6) is 3.29. The molecule has 0 atom stereocenters. The molecule has 0 spiro atoms. The molecule has 0 radical (unpaired) electrons. The molecule has 0 fully saturated rings. The lowest BCUT2D eigenvalue weighted by molar-refractivity contribution is 1.06. The van der Waals surface area contributed by atoms with Crippen molar-refractivity contribution in [1.82, 2.24) is 39.0 Å². The van der Waals surface area contributed by atoms with E-state index in [0.29, 0.717) is 46.1 Å². The van der Waals surface area contributed by atoms with Crippen LogP contribution >= 0.6 is 0 Å². The lowest BCUT2D eigenvalue weighted by Gasteiger charge is -2.17. The highest BCUT2D eigenvalue weighted by atomic mass is 15.1. The van der Waals surface area contributed by atoms with Crippen LogP contribution < -0.4 is 0 Å². The fraction of sp³-hybridized carbons (Fsp3) is 0. The molecule has 4 aromatic heterocycles. The number of nitrogens with zero attached hydrogens (tertiary/aromatic N) is 10. The molecule has 0 N–H and O–H groups in total. The van der Waals surface area contributed by atoms with E-state index in [1.54, 1.807) is 0 Å². The van der Waals surface area contributed by atoms with Gasteiger partial charge in [0.15, 0.2) is 34.9 Å². The summed E-state index contributed by atoms with van der Waals surface area (Å²) in [6.45, 7) is 0. The van der Waals surface area contributed by atoms with Gasteiger partial charge in [-0.3, -0.25) is 0 Å². The van der Waals surface area contributed by atoms with Crippen molar-refractivity contribution in [1.29, 1.82) is 10.5 Å². The van der Waals surface area contributed by atoms with Crippen molar-refractivity contribution < 1.29 is 0 Å². The molecular formula is C80H48N10. The van der Waals surface area contributed by atoms with Gasteiger partial charge in [0.1, 0.15) is 0 Å². The Hall–Kier alpha value is -12.8. The summed E-state index contributed by atoms with van der Waals surface area (Å²) in [5, 5.41) is 24.1. The first-order chi connectivity index (χ1) is 44.5. The average Bonchev–Trinajstić information content (AvgIpc) is 1.70. The molecule has 0 bridgehead atoms. The molecule has 10 nitrogen and oxygen atoms in total. The molecule has 4 heterocycles. The van der Waals surface area contributed by atoms with Crippen LogP contribution in [0.1, 0.15) is 11.1 Å². The van der Waals surface area contributed by atoms with E-state index in [4.69, 9.17) is 29.9 Å². The number of fused-ring (bicyclic) bond motifs is 6. The van der Waals surface area contributed by atoms with Crippen molar-refractivity contribution in [2.24, 2.45) is 0 Å². The van der Waals surface area contributed by atoms with Crippen LogP contribution in [0.2, 0.25) is 0 Å². The third-order valence-electron chi connectivity index (χ3n) is 16.7. The minimum absolute atomic E-state index is 0.516. The largest absolute Gasteiger partial charge is 0.309 e. The van der Waals surface area contributed by atoms with Crippen LogP contribution in [-0.4, -0.2) is 39.0 Å². The fourth-order valence-corrected chi connectivity index (χ4v) is 12.4. The van der Waals surface area contributed by atoms with Gasteiger partial charge in [0.2, 0.25) is 0 Å². The smallest absolute Gasteiger partial charge is 0.166 e. The highest BCUT2D eigenvalue weighted by Gasteiger charge is 2.24. The Morgan fingerprint density at radius 2 is 0.544 bits per heavy atom. The van der Waals surface area contributed by atoms with Crippen LogP contribution in [-0.2, 0) is 0 Å². The highest BCUT2D eigenvalue weighted by molar-refractivity contribution is 6.13. The van der Waals surface area contributed by atoms with Crippen molar-refractivity contribution in [3.63, 3.8) is 0 Å². The second-order valence-corrected chi connectivity index (χ2v) is 22.1. The fourth-order valence-electron chi connectivity index (χ4n) is 12.4. The van der Waals surface area contributed by atoms with Crippen molar-refractivity contribution in [2.45, 2.75) is 0 Å². The van der Waals surface area contributed by atoms with Crippen molar-refractivity contribution in [3.8, 4) is 125 Å². The lowest BCUT2D eigenvalue weighted by Crippen LogP contribution is -2.04. The van der Waals surface area contributed by atoms with E-state index in [9.17, 15) is 10.5 Å². The molecule has 16 rings (SSSR count). The SMILES string of the molecule is N#Cc1ccc(-c2ccc(-n3c4ccccc4c4cc(-c5ccc6c(c5)c5ccccc5n6-c5ccc(-c6cccc(C#N)c6)cc5-c5nc(-c6ccccc6)nc(-c6ccccc6)n5)ccc43)c(-c3nc(-c4ccccc4)nc(-c4ccccc4)n3)c2)cc1. The van der Waals surface area contributed by atoms with Gasteiger partial charge in [0, 0.05) is 54.9 Å². The Labute approximate surface area is 517 Å². The molecule has 0 aliphatic carbocycles. The zero-order valence-electron chi connectivity index (χ0n) is 48.2. The van der Waals surface area contributed by atoms with E-state index >= 15 is 0 Å². The number of benzene rings is 12. The summed E-state index contributed by atoms with van der Waals surface area (Å²) < 4.78 is 4.66. The molecule has 16 aromatic rings. The van der Waals surface area contributed by atoms with Gasteiger partial charge in [-0.05, 0) is 118 Å². The van der Waals surface area contributed by atoms with Crippen LogP contribution in [0, 0.1) is 22.7 Å². The summed E-state index contributed by atoms with van der Waals surface area (Å²) in [7, 11) is 0. The standard InChI is InChI=1S/C80H48N10/c81-49-51-32-34-53(35-33-51)59-36-42-73(67(47-59)79-85-75(54-19-5-1-6-20-54)83-76(86-79)55-21-7-2-8-22-55)89-69-30-15-13-28-63(69)65-45-60(37-40-71(65)89)61-38-41-72-66(46-61)64-29-14-16-31-70(64)90(72)74-43-39-62(58-27-17-18-52(44-58)50-82)48-68(74)80-87-77(56-23-9-3-10-24-56)84-78(88-80)57-25-11-4-12-26-57/h1-48H. The maximum absolute atomic E-state index is 9.99. The summed E-state index contributed by atoms with van der Waals surface area (Å²) in [5.41, 5.74) is 18.0. The van der Waals surface area contributed by atoms with Gasteiger partial charge in [-0.2, -0.15) is 10.5 Å².